The predicted molar refractivity (Wildman–Crippen MR) is 57.9 cm³/mol. The van der Waals surface area contributed by atoms with E-state index in [0.717, 1.165) is 0 Å². The molecule has 6 heteroatoms. The number of hydrogen-bond acceptors (Lipinski definition) is 2. The highest BCUT2D eigenvalue weighted by molar-refractivity contribution is 7.80. The first-order chi connectivity index (χ1) is 7.04. The van der Waals surface area contributed by atoms with Crippen LogP contribution in [0.2, 0.25) is 0 Å². The molecule has 80 valence electrons. The maximum absolute atomic E-state index is 10.8. The summed E-state index contributed by atoms with van der Waals surface area (Å²) in [6.07, 6.45) is 1.51. The lowest BCUT2D eigenvalue weighted by Gasteiger charge is -2.06. The van der Waals surface area contributed by atoms with Gasteiger partial charge in [-0.15, -0.1) is 0 Å². The molecule has 0 fully saturated rings. The second-order valence-electron chi connectivity index (χ2n) is 2.67. The summed E-state index contributed by atoms with van der Waals surface area (Å²) in [6, 6.07) is 4.33. The molecule has 0 saturated carbocycles. The van der Waals surface area contributed by atoms with E-state index < -0.39 is 17.2 Å². The van der Waals surface area contributed by atoms with Crippen molar-refractivity contribution in [1.82, 2.24) is 0 Å². The van der Waals surface area contributed by atoms with Crippen molar-refractivity contribution in [2.45, 2.75) is 0 Å². The SMILES string of the molecule is C=Cc1ccc(C(=O)O)c(NS(=O)O)c1. The zero-order valence-electron chi connectivity index (χ0n) is 7.64. The lowest BCUT2D eigenvalue weighted by atomic mass is 10.1. The molecule has 3 N–H and O–H groups in total. The summed E-state index contributed by atoms with van der Waals surface area (Å²) in [6.45, 7) is 3.51. The van der Waals surface area contributed by atoms with E-state index in [1.165, 1.54) is 18.2 Å². The van der Waals surface area contributed by atoms with E-state index >= 15 is 0 Å². The minimum Gasteiger partial charge on any atom is -0.478 e. The fourth-order valence-corrected chi connectivity index (χ4v) is 1.41. The lowest BCUT2D eigenvalue weighted by Crippen LogP contribution is -2.08. The van der Waals surface area contributed by atoms with Crippen LogP contribution in [0.4, 0.5) is 5.69 Å². The monoisotopic (exact) mass is 227 g/mol. The molecule has 0 aromatic heterocycles. The Morgan fingerprint density at radius 3 is 2.67 bits per heavy atom. The first-order valence-corrected chi connectivity index (χ1v) is 5.02. The summed E-state index contributed by atoms with van der Waals surface area (Å²) in [4.78, 5) is 10.8. The van der Waals surface area contributed by atoms with Crippen LogP contribution >= 0.6 is 0 Å². The third kappa shape index (κ3) is 2.90. The van der Waals surface area contributed by atoms with Crippen LogP contribution in [-0.4, -0.2) is 19.8 Å². The van der Waals surface area contributed by atoms with Crippen molar-refractivity contribution in [2.75, 3.05) is 4.72 Å². The molecule has 1 rings (SSSR count). The van der Waals surface area contributed by atoms with Gasteiger partial charge < -0.3 is 5.11 Å². The van der Waals surface area contributed by atoms with Gasteiger partial charge in [0.05, 0.1) is 11.3 Å². The van der Waals surface area contributed by atoms with Gasteiger partial charge >= 0.3 is 5.97 Å². The third-order valence-electron chi connectivity index (χ3n) is 1.71. The normalized spacial score (nSPS) is 11.8. The Hall–Kier alpha value is -1.66. The number of aromatic carboxylic acids is 1. The Morgan fingerprint density at radius 2 is 2.20 bits per heavy atom. The van der Waals surface area contributed by atoms with E-state index in [1.54, 1.807) is 6.07 Å². The number of anilines is 1. The molecule has 1 aromatic carbocycles. The number of rotatable bonds is 4. The summed E-state index contributed by atoms with van der Waals surface area (Å²) < 4.78 is 21.3. The summed E-state index contributed by atoms with van der Waals surface area (Å²) in [7, 11) is 0. The molecule has 0 spiro atoms. The molecule has 0 aliphatic rings. The number of carbonyl (C=O) groups is 1. The Kier molecular flexibility index (Phi) is 3.59. The number of nitrogens with one attached hydrogen (secondary N) is 1. The highest BCUT2D eigenvalue weighted by Crippen LogP contribution is 2.19. The van der Waals surface area contributed by atoms with Gasteiger partial charge in [0.25, 0.3) is 11.3 Å². The van der Waals surface area contributed by atoms with Gasteiger partial charge in [-0.3, -0.25) is 9.27 Å². The molecule has 1 atom stereocenters. The van der Waals surface area contributed by atoms with Crippen LogP contribution in [0.3, 0.4) is 0 Å². The molecule has 0 radical (unpaired) electrons. The van der Waals surface area contributed by atoms with Crippen LogP contribution in [-0.2, 0) is 11.3 Å². The Balaban J connectivity index is 3.21. The van der Waals surface area contributed by atoms with Crippen LogP contribution in [0.15, 0.2) is 24.8 Å². The molecule has 0 aliphatic heterocycles. The highest BCUT2D eigenvalue weighted by Gasteiger charge is 2.11. The van der Waals surface area contributed by atoms with Crippen molar-refractivity contribution in [3.63, 3.8) is 0 Å². The topological polar surface area (TPSA) is 86.6 Å². The Bertz CT molecular complexity index is 430. The van der Waals surface area contributed by atoms with Crippen LogP contribution in [0.25, 0.3) is 6.08 Å². The number of hydrogen-bond donors (Lipinski definition) is 3. The molecule has 5 nitrogen and oxygen atoms in total. The van der Waals surface area contributed by atoms with Gasteiger partial charge in [0, 0.05) is 0 Å². The first kappa shape index (κ1) is 11.4. The Morgan fingerprint density at radius 1 is 1.53 bits per heavy atom. The molecule has 0 bridgehead atoms. The van der Waals surface area contributed by atoms with E-state index in [0.29, 0.717) is 5.56 Å². The van der Waals surface area contributed by atoms with Crippen molar-refractivity contribution >= 4 is 29.0 Å². The van der Waals surface area contributed by atoms with E-state index in [2.05, 4.69) is 11.3 Å². The third-order valence-corrected chi connectivity index (χ3v) is 2.10. The van der Waals surface area contributed by atoms with E-state index in [9.17, 15) is 9.00 Å². The molecule has 0 amide bonds. The molecule has 1 aromatic rings. The highest BCUT2D eigenvalue weighted by atomic mass is 32.2. The fraction of sp³-hybridized carbons (Fsp3) is 0. The van der Waals surface area contributed by atoms with Gasteiger partial charge in [-0.1, -0.05) is 18.7 Å². The van der Waals surface area contributed by atoms with Crippen molar-refractivity contribution in [2.24, 2.45) is 0 Å². The molecule has 1 unspecified atom stereocenters. The van der Waals surface area contributed by atoms with E-state index in [4.69, 9.17) is 9.66 Å². The predicted octanol–water partition coefficient (Wildman–Crippen LogP) is 1.58. The molecule has 15 heavy (non-hydrogen) atoms. The lowest BCUT2D eigenvalue weighted by molar-refractivity contribution is 0.0698. The Labute approximate surface area is 88.9 Å². The smallest absolute Gasteiger partial charge is 0.337 e. The molecular formula is C9H9NO4S. The van der Waals surface area contributed by atoms with E-state index in [-0.39, 0.29) is 11.3 Å². The van der Waals surface area contributed by atoms with Crippen molar-refractivity contribution in [3.05, 3.63) is 35.9 Å². The number of carboxylic acids is 1. The average Bonchev–Trinajstić information content (AvgIpc) is 2.16. The molecule has 0 heterocycles. The molecular weight excluding hydrogens is 218 g/mol. The van der Waals surface area contributed by atoms with Gasteiger partial charge in [0.2, 0.25) is 0 Å². The van der Waals surface area contributed by atoms with Crippen LogP contribution < -0.4 is 4.72 Å². The number of benzene rings is 1. The second-order valence-corrected chi connectivity index (χ2v) is 3.37. The maximum atomic E-state index is 10.8. The number of carboxylic acid groups (broad SMARTS) is 1. The van der Waals surface area contributed by atoms with Gasteiger partial charge in [-0.2, -0.15) is 0 Å². The van der Waals surface area contributed by atoms with Crippen molar-refractivity contribution in [3.8, 4) is 0 Å². The van der Waals surface area contributed by atoms with E-state index in [1.807, 2.05) is 0 Å². The molecule has 0 aliphatic carbocycles. The second kappa shape index (κ2) is 4.72. The average molecular weight is 227 g/mol. The van der Waals surface area contributed by atoms with Crippen LogP contribution in [0.1, 0.15) is 15.9 Å². The zero-order valence-corrected chi connectivity index (χ0v) is 8.45. The maximum Gasteiger partial charge on any atom is 0.337 e. The summed E-state index contributed by atoms with van der Waals surface area (Å²) in [5, 5.41) is 8.80. The summed E-state index contributed by atoms with van der Waals surface area (Å²) >= 11 is -2.30. The van der Waals surface area contributed by atoms with Crippen LogP contribution in [0.5, 0.6) is 0 Å². The van der Waals surface area contributed by atoms with Gasteiger partial charge in [-0.25, -0.2) is 9.00 Å². The van der Waals surface area contributed by atoms with Crippen molar-refractivity contribution < 1.29 is 18.7 Å². The van der Waals surface area contributed by atoms with Crippen LogP contribution in [0, 0.1) is 0 Å². The quantitative estimate of drug-likeness (QED) is 0.681. The standard InChI is InChI=1S/C9H9NO4S/c1-2-6-3-4-7(9(11)12)8(5-6)10-15(13)14/h2-5,10H,1H2,(H,11,12)(H,13,14). The van der Waals surface area contributed by atoms with Gasteiger partial charge in [0.15, 0.2) is 0 Å². The minimum atomic E-state index is -2.30. The minimum absolute atomic E-state index is 0.0667. The zero-order chi connectivity index (χ0) is 11.4. The van der Waals surface area contributed by atoms with Gasteiger partial charge in [0.1, 0.15) is 0 Å². The largest absolute Gasteiger partial charge is 0.478 e. The van der Waals surface area contributed by atoms with Crippen molar-refractivity contribution in [1.29, 1.82) is 0 Å². The first-order valence-electron chi connectivity index (χ1n) is 3.92. The molecule has 0 saturated heterocycles. The summed E-state index contributed by atoms with van der Waals surface area (Å²) in [5.74, 6) is -1.17. The van der Waals surface area contributed by atoms with Gasteiger partial charge in [-0.05, 0) is 17.7 Å². The fourth-order valence-electron chi connectivity index (χ4n) is 1.05. The summed E-state index contributed by atoms with van der Waals surface area (Å²) in [5.41, 5.74) is 0.677.